The van der Waals surface area contributed by atoms with Crippen LogP contribution in [-0.4, -0.2) is 40.8 Å². The number of benzene rings is 1. The largest absolute Gasteiger partial charge is 0.492 e. The first-order valence-corrected chi connectivity index (χ1v) is 8.86. The molecule has 0 unspecified atom stereocenters. The first-order chi connectivity index (χ1) is 13.0. The number of amides is 2. The molecule has 0 radical (unpaired) electrons. The van der Waals surface area contributed by atoms with Crippen LogP contribution in [0.5, 0.6) is 5.75 Å². The molecule has 2 rings (SSSR count). The highest BCUT2D eigenvalue weighted by atomic mass is 16.5. The van der Waals surface area contributed by atoms with Gasteiger partial charge < -0.3 is 15.4 Å². The lowest BCUT2D eigenvalue weighted by Gasteiger charge is -2.14. The van der Waals surface area contributed by atoms with Gasteiger partial charge in [0.15, 0.2) is 0 Å². The lowest BCUT2D eigenvalue weighted by atomic mass is 10.2. The van der Waals surface area contributed by atoms with E-state index in [0.717, 1.165) is 6.42 Å². The molecule has 0 bridgehead atoms. The van der Waals surface area contributed by atoms with E-state index >= 15 is 0 Å². The Morgan fingerprint density at radius 1 is 1.19 bits per heavy atom. The van der Waals surface area contributed by atoms with Gasteiger partial charge in [-0.15, -0.1) is 0 Å². The van der Waals surface area contributed by atoms with Crippen molar-refractivity contribution >= 4 is 11.8 Å². The number of carbonyl (C=O) groups excluding carboxylic acids is 2. The summed E-state index contributed by atoms with van der Waals surface area (Å²) in [6, 6.07) is 11.1. The lowest BCUT2D eigenvalue weighted by molar-refractivity contribution is -0.122. The van der Waals surface area contributed by atoms with Crippen LogP contribution in [0.25, 0.3) is 0 Å². The van der Waals surface area contributed by atoms with Gasteiger partial charge in [-0.05, 0) is 31.5 Å². The molecule has 27 heavy (non-hydrogen) atoms. The third-order valence-corrected chi connectivity index (χ3v) is 3.70. The Morgan fingerprint density at radius 3 is 2.63 bits per heavy atom. The molecule has 0 saturated heterocycles. The van der Waals surface area contributed by atoms with E-state index in [2.05, 4.69) is 15.7 Å². The lowest BCUT2D eigenvalue weighted by Crippen LogP contribution is -2.45. The third-order valence-electron chi connectivity index (χ3n) is 3.70. The number of nitrogens with one attached hydrogen (secondary N) is 2. The quantitative estimate of drug-likeness (QED) is 0.683. The maximum Gasteiger partial charge on any atom is 0.272 e. The Bertz CT molecular complexity index is 820. The fourth-order valence-electron chi connectivity index (χ4n) is 2.23. The van der Waals surface area contributed by atoms with E-state index in [1.54, 1.807) is 6.92 Å². The second kappa shape index (κ2) is 10.1. The zero-order valence-electron chi connectivity index (χ0n) is 15.5. The van der Waals surface area contributed by atoms with Gasteiger partial charge in [-0.25, -0.2) is 4.68 Å². The molecule has 2 N–H and O–H groups in total. The molecule has 0 fully saturated rings. The van der Waals surface area contributed by atoms with E-state index in [0.29, 0.717) is 12.3 Å². The number of nitrogens with zero attached hydrogens (tertiary/aromatic N) is 2. The van der Waals surface area contributed by atoms with Crippen molar-refractivity contribution < 1.29 is 14.3 Å². The van der Waals surface area contributed by atoms with Crippen molar-refractivity contribution in [1.82, 2.24) is 20.4 Å². The number of aromatic nitrogens is 2. The summed E-state index contributed by atoms with van der Waals surface area (Å²) < 4.78 is 6.71. The zero-order valence-corrected chi connectivity index (χ0v) is 15.5. The summed E-state index contributed by atoms with van der Waals surface area (Å²) in [5.41, 5.74) is -0.276. The van der Waals surface area contributed by atoms with E-state index in [1.807, 2.05) is 37.3 Å². The second-order valence-electron chi connectivity index (χ2n) is 5.93. The molecule has 0 aliphatic heterocycles. The van der Waals surface area contributed by atoms with Gasteiger partial charge in [0.05, 0.1) is 6.54 Å². The first-order valence-electron chi connectivity index (χ1n) is 8.86. The van der Waals surface area contributed by atoms with Crippen molar-refractivity contribution in [1.29, 1.82) is 0 Å². The van der Waals surface area contributed by atoms with Crippen molar-refractivity contribution in [3.63, 3.8) is 0 Å². The van der Waals surface area contributed by atoms with Crippen molar-refractivity contribution in [2.45, 2.75) is 32.9 Å². The minimum atomic E-state index is -0.701. The molecule has 2 amide bonds. The van der Waals surface area contributed by atoms with Gasteiger partial charge in [0.1, 0.15) is 24.1 Å². The van der Waals surface area contributed by atoms with Gasteiger partial charge >= 0.3 is 0 Å². The van der Waals surface area contributed by atoms with Crippen LogP contribution >= 0.6 is 0 Å². The molecular weight excluding hydrogens is 348 g/mol. The molecule has 1 heterocycles. The van der Waals surface area contributed by atoms with Gasteiger partial charge in [-0.1, -0.05) is 25.1 Å². The summed E-state index contributed by atoms with van der Waals surface area (Å²) in [6.07, 6.45) is 0.810. The molecule has 8 heteroatoms. The number of hydrogen-bond donors (Lipinski definition) is 2. The molecule has 1 aromatic carbocycles. The maximum absolute atomic E-state index is 12.3. The van der Waals surface area contributed by atoms with Crippen molar-refractivity contribution in [3.8, 4) is 5.75 Å². The third kappa shape index (κ3) is 6.25. The first kappa shape index (κ1) is 20.2. The van der Waals surface area contributed by atoms with Crippen molar-refractivity contribution in [2.75, 3.05) is 13.2 Å². The Morgan fingerprint density at radius 2 is 1.93 bits per heavy atom. The van der Waals surface area contributed by atoms with Crippen molar-refractivity contribution in [3.05, 3.63) is 58.5 Å². The maximum atomic E-state index is 12.3. The number of para-hydroxylation sites is 1. The highest BCUT2D eigenvalue weighted by Crippen LogP contribution is 2.07. The monoisotopic (exact) mass is 372 g/mol. The molecule has 1 atom stereocenters. The molecule has 1 aromatic heterocycles. The predicted molar refractivity (Wildman–Crippen MR) is 101 cm³/mol. The van der Waals surface area contributed by atoms with E-state index in [-0.39, 0.29) is 30.3 Å². The normalized spacial score (nSPS) is 11.5. The Kier molecular flexibility index (Phi) is 7.54. The number of rotatable bonds is 9. The number of carbonyl (C=O) groups is 2. The van der Waals surface area contributed by atoms with E-state index in [4.69, 9.17) is 4.74 Å². The molecule has 0 spiro atoms. The topological polar surface area (TPSA) is 102 Å². The fourth-order valence-corrected chi connectivity index (χ4v) is 2.23. The smallest absolute Gasteiger partial charge is 0.272 e. The molecule has 8 nitrogen and oxygen atoms in total. The van der Waals surface area contributed by atoms with Gasteiger partial charge in [-0.3, -0.25) is 14.4 Å². The highest BCUT2D eigenvalue weighted by Gasteiger charge is 2.17. The van der Waals surface area contributed by atoms with Crippen LogP contribution in [0.4, 0.5) is 0 Å². The molecule has 0 aliphatic carbocycles. The Labute approximate surface area is 157 Å². The second-order valence-corrected chi connectivity index (χ2v) is 5.93. The minimum absolute atomic E-state index is 0.0597. The van der Waals surface area contributed by atoms with Gasteiger partial charge in [0.2, 0.25) is 5.91 Å². The summed E-state index contributed by atoms with van der Waals surface area (Å²) in [4.78, 5) is 36.1. The van der Waals surface area contributed by atoms with Gasteiger partial charge in [-0.2, -0.15) is 5.10 Å². The van der Waals surface area contributed by atoms with Gasteiger partial charge in [0, 0.05) is 12.6 Å². The summed E-state index contributed by atoms with van der Waals surface area (Å²) in [6.45, 7) is 4.51. The predicted octanol–water partition coefficient (Wildman–Crippen LogP) is 0.967. The van der Waals surface area contributed by atoms with Crippen LogP contribution in [0.1, 0.15) is 30.8 Å². The zero-order chi connectivity index (χ0) is 19.6. The van der Waals surface area contributed by atoms with Crippen LogP contribution in [0, 0.1) is 0 Å². The average Bonchev–Trinajstić information content (AvgIpc) is 2.68. The summed E-state index contributed by atoms with van der Waals surface area (Å²) in [5, 5.41) is 9.34. The summed E-state index contributed by atoms with van der Waals surface area (Å²) >= 11 is 0. The summed E-state index contributed by atoms with van der Waals surface area (Å²) in [7, 11) is 0. The molecule has 0 saturated carbocycles. The molecule has 144 valence electrons. The molecule has 2 aromatic rings. The number of ether oxygens (including phenoxy) is 1. The van der Waals surface area contributed by atoms with Crippen LogP contribution < -0.4 is 20.9 Å². The highest BCUT2D eigenvalue weighted by molar-refractivity contribution is 5.95. The SMILES string of the molecule is CCCNC(=O)[C@H](C)NC(=O)c1ccc(=O)n(CCOc2ccccc2)n1. The molecular formula is C19H24N4O4. The Hall–Kier alpha value is -3.16. The van der Waals surface area contributed by atoms with E-state index < -0.39 is 11.9 Å². The van der Waals surface area contributed by atoms with Gasteiger partial charge in [0.25, 0.3) is 11.5 Å². The van der Waals surface area contributed by atoms with E-state index in [1.165, 1.54) is 16.8 Å². The fraction of sp³-hybridized carbons (Fsp3) is 0.368. The summed E-state index contributed by atoms with van der Waals surface area (Å²) in [5.74, 6) is -0.104. The minimum Gasteiger partial charge on any atom is -0.492 e. The van der Waals surface area contributed by atoms with Crippen LogP contribution in [-0.2, 0) is 11.3 Å². The molecule has 0 aliphatic rings. The number of hydrogen-bond acceptors (Lipinski definition) is 5. The van der Waals surface area contributed by atoms with Crippen LogP contribution in [0.15, 0.2) is 47.3 Å². The van der Waals surface area contributed by atoms with Crippen LogP contribution in [0.3, 0.4) is 0 Å². The standard InChI is InChI=1S/C19H24N4O4/c1-3-11-20-18(25)14(2)21-19(26)16-9-10-17(24)23(22-16)12-13-27-15-7-5-4-6-8-15/h4-10,14H,3,11-13H2,1-2H3,(H,20,25)(H,21,26)/t14-/m0/s1. The van der Waals surface area contributed by atoms with E-state index in [9.17, 15) is 14.4 Å². The van der Waals surface area contributed by atoms with Crippen molar-refractivity contribution in [2.24, 2.45) is 0 Å². The van der Waals surface area contributed by atoms with Crippen LogP contribution in [0.2, 0.25) is 0 Å². The Balaban J connectivity index is 1.95. The average molecular weight is 372 g/mol.